The van der Waals surface area contributed by atoms with Gasteiger partial charge in [0.15, 0.2) is 0 Å². The van der Waals surface area contributed by atoms with Crippen molar-refractivity contribution in [3.05, 3.63) is 0 Å². The lowest BCUT2D eigenvalue weighted by atomic mass is 10.7. The van der Waals surface area contributed by atoms with E-state index in [-0.39, 0.29) is 0 Å². The van der Waals surface area contributed by atoms with Crippen LogP contribution in [-0.2, 0) is 9.47 Å². The third kappa shape index (κ3) is 6.65. The van der Waals surface area contributed by atoms with Crippen LogP contribution in [0.5, 0.6) is 0 Å². The van der Waals surface area contributed by atoms with Gasteiger partial charge in [-0.05, 0) is 0 Å². The SMILES string of the molecule is COCCOCCI. The average molecular weight is 230 g/mol. The van der Waals surface area contributed by atoms with Gasteiger partial charge < -0.3 is 9.47 Å². The zero-order valence-electron chi connectivity index (χ0n) is 5.02. The molecule has 0 saturated carbocycles. The van der Waals surface area contributed by atoms with Crippen LogP contribution in [0.1, 0.15) is 0 Å². The summed E-state index contributed by atoms with van der Waals surface area (Å²) >= 11 is 2.27. The second-order valence-electron chi connectivity index (χ2n) is 1.29. The van der Waals surface area contributed by atoms with E-state index in [1.807, 2.05) is 0 Å². The quantitative estimate of drug-likeness (QED) is 0.399. The van der Waals surface area contributed by atoms with Gasteiger partial charge in [0, 0.05) is 11.5 Å². The lowest BCUT2D eigenvalue weighted by Crippen LogP contribution is -2.02. The number of hydrogen-bond acceptors (Lipinski definition) is 2. The van der Waals surface area contributed by atoms with E-state index in [1.54, 1.807) is 7.11 Å². The van der Waals surface area contributed by atoms with Crippen LogP contribution in [0, 0.1) is 0 Å². The molecule has 0 rings (SSSR count). The van der Waals surface area contributed by atoms with Crippen LogP contribution >= 0.6 is 22.6 Å². The zero-order chi connectivity index (χ0) is 6.24. The van der Waals surface area contributed by atoms with Crippen LogP contribution < -0.4 is 0 Å². The fourth-order valence-electron chi connectivity index (χ4n) is 0.299. The second-order valence-corrected chi connectivity index (χ2v) is 2.37. The summed E-state index contributed by atoms with van der Waals surface area (Å²) in [5, 5.41) is 0. The highest BCUT2D eigenvalue weighted by Crippen LogP contribution is 1.81. The summed E-state index contributed by atoms with van der Waals surface area (Å²) in [6.07, 6.45) is 0. The maximum absolute atomic E-state index is 5.09. The first-order valence-corrected chi connectivity index (χ1v) is 4.07. The molecular formula is C5H11IO2. The van der Waals surface area contributed by atoms with E-state index in [0.717, 1.165) is 17.6 Å². The normalized spacial score (nSPS) is 9.75. The molecule has 2 nitrogen and oxygen atoms in total. The standard InChI is InChI=1S/C5H11IO2/c1-7-4-5-8-3-2-6/h2-5H2,1H3. The monoisotopic (exact) mass is 230 g/mol. The fourth-order valence-corrected chi connectivity index (χ4v) is 0.610. The van der Waals surface area contributed by atoms with Crippen LogP contribution in [0.3, 0.4) is 0 Å². The third-order valence-electron chi connectivity index (χ3n) is 0.653. The first-order chi connectivity index (χ1) is 3.91. The Hall–Kier alpha value is 0.650. The molecule has 0 unspecified atom stereocenters. The summed E-state index contributed by atoms with van der Waals surface area (Å²) in [4.78, 5) is 0. The number of alkyl halides is 1. The molecule has 0 aliphatic rings. The van der Waals surface area contributed by atoms with Gasteiger partial charge in [-0.25, -0.2) is 0 Å². The molecule has 0 spiro atoms. The minimum absolute atomic E-state index is 0.705. The first kappa shape index (κ1) is 8.65. The van der Waals surface area contributed by atoms with Crippen LogP contribution in [-0.4, -0.2) is 31.4 Å². The molecule has 0 fully saturated rings. The maximum atomic E-state index is 5.09. The lowest BCUT2D eigenvalue weighted by Gasteiger charge is -1.98. The smallest absolute Gasteiger partial charge is 0.0700 e. The number of hydrogen-bond donors (Lipinski definition) is 0. The summed E-state index contributed by atoms with van der Waals surface area (Å²) in [5.74, 6) is 0. The van der Waals surface area contributed by atoms with Crippen molar-refractivity contribution in [3.8, 4) is 0 Å². The predicted molar refractivity (Wildman–Crippen MR) is 41.6 cm³/mol. The van der Waals surface area contributed by atoms with Crippen molar-refractivity contribution >= 4 is 22.6 Å². The Morgan fingerprint density at radius 2 is 2.00 bits per heavy atom. The van der Waals surface area contributed by atoms with Gasteiger partial charge >= 0.3 is 0 Å². The van der Waals surface area contributed by atoms with Crippen molar-refractivity contribution in [2.24, 2.45) is 0 Å². The molecule has 0 atom stereocenters. The van der Waals surface area contributed by atoms with Gasteiger partial charge in [-0.3, -0.25) is 0 Å². The largest absolute Gasteiger partial charge is 0.382 e. The van der Waals surface area contributed by atoms with E-state index < -0.39 is 0 Å². The molecule has 0 radical (unpaired) electrons. The zero-order valence-corrected chi connectivity index (χ0v) is 7.18. The van der Waals surface area contributed by atoms with Crippen molar-refractivity contribution in [1.82, 2.24) is 0 Å². The molecule has 0 aliphatic carbocycles. The highest BCUT2D eigenvalue weighted by Gasteiger charge is 1.82. The Labute approximate surface area is 63.7 Å². The van der Waals surface area contributed by atoms with E-state index in [2.05, 4.69) is 22.6 Å². The molecule has 3 heteroatoms. The minimum atomic E-state index is 0.705. The van der Waals surface area contributed by atoms with Crippen molar-refractivity contribution in [3.63, 3.8) is 0 Å². The van der Waals surface area contributed by atoms with Gasteiger partial charge in [0.25, 0.3) is 0 Å². The van der Waals surface area contributed by atoms with Gasteiger partial charge in [-0.15, -0.1) is 0 Å². The van der Waals surface area contributed by atoms with E-state index in [9.17, 15) is 0 Å². The number of halogens is 1. The Kier molecular flexibility index (Phi) is 8.27. The summed E-state index contributed by atoms with van der Waals surface area (Å²) in [6.45, 7) is 2.26. The second kappa shape index (κ2) is 7.65. The van der Waals surface area contributed by atoms with Crippen molar-refractivity contribution < 1.29 is 9.47 Å². The topological polar surface area (TPSA) is 18.5 Å². The summed E-state index contributed by atoms with van der Waals surface area (Å²) in [7, 11) is 1.67. The molecule has 0 aromatic carbocycles. The Bertz CT molecular complexity index is 35.4. The average Bonchev–Trinajstić information content (AvgIpc) is 1.81. The Morgan fingerprint density at radius 1 is 1.25 bits per heavy atom. The fraction of sp³-hybridized carbons (Fsp3) is 1.00. The first-order valence-electron chi connectivity index (χ1n) is 2.54. The molecular weight excluding hydrogens is 219 g/mol. The molecule has 0 bridgehead atoms. The summed E-state index contributed by atoms with van der Waals surface area (Å²) in [6, 6.07) is 0. The molecule has 0 amide bonds. The van der Waals surface area contributed by atoms with E-state index in [4.69, 9.17) is 9.47 Å². The van der Waals surface area contributed by atoms with E-state index in [1.165, 1.54) is 0 Å². The summed E-state index contributed by atoms with van der Waals surface area (Å²) < 4.78 is 10.9. The van der Waals surface area contributed by atoms with Crippen molar-refractivity contribution in [2.75, 3.05) is 31.4 Å². The van der Waals surface area contributed by atoms with Gasteiger partial charge in [0.2, 0.25) is 0 Å². The molecule has 0 saturated heterocycles. The number of rotatable bonds is 5. The lowest BCUT2D eigenvalue weighted by molar-refractivity contribution is 0.0798. The molecule has 50 valence electrons. The molecule has 0 heterocycles. The minimum Gasteiger partial charge on any atom is -0.382 e. The van der Waals surface area contributed by atoms with Gasteiger partial charge in [0.05, 0.1) is 19.8 Å². The van der Waals surface area contributed by atoms with Crippen molar-refractivity contribution in [2.45, 2.75) is 0 Å². The van der Waals surface area contributed by atoms with Crippen LogP contribution in [0.15, 0.2) is 0 Å². The van der Waals surface area contributed by atoms with E-state index in [0.29, 0.717) is 6.61 Å². The van der Waals surface area contributed by atoms with Gasteiger partial charge in [-0.1, -0.05) is 22.6 Å². The predicted octanol–water partition coefficient (Wildman–Crippen LogP) is 1.08. The summed E-state index contributed by atoms with van der Waals surface area (Å²) in [5.41, 5.74) is 0. The van der Waals surface area contributed by atoms with Gasteiger partial charge in [0.1, 0.15) is 0 Å². The molecule has 0 aliphatic heterocycles. The van der Waals surface area contributed by atoms with Crippen LogP contribution in [0.2, 0.25) is 0 Å². The maximum Gasteiger partial charge on any atom is 0.0700 e. The number of ether oxygens (including phenoxy) is 2. The molecule has 0 N–H and O–H groups in total. The molecule has 8 heavy (non-hydrogen) atoms. The molecule has 0 aromatic heterocycles. The van der Waals surface area contributed by atoms with Crippen LogP contribution in [0.25, 0.3) is 0 Å². The van der Waals surface area contributed by atoms with Crippen LogP contribution in [0.4, 0.5) is 0 Å². The van der Waals surface area contributed by atoms with Crippen molar-refractivity contribution in [1.29, 1.82) is 0 Å². The third-order valence-corrected chi connectivity index (χ3v) is 1.09. The molecule has 0 aromatic rings. The Balaban J connectivity index is 2.53. The Morgan fingerprint density at radius 3 is 2.50 bits per heavy atom. The highest BCUT2D eigenvalue weighted by molar-refractivity contribution is 14.1. The number of methoxy groups -OCH3 is 1. The van der Waals surface area contributed by atoms with Gasteiger partial charge in [-0.2, -0.15) is 0 Å². The highest BCUT2D eigenvalue weighted by atomic mass is 127. The van der Waals surface area contributed by atoms with E-state index >= 15 is 0 Å².